The number of carbonyl (C=O) groups is 2. The zero-order valence-corrected chi connectivity index (χ0v) is 17.1. The Morgan fingerprint density at radius 1 is 1.17 bits per heavy atom. The van der Waals surface area contributed by atoms with E-state index in [4.69, 9.17) is 9.15 Å². The van der Waals surface area contributed by atoms with Gasteiger partial charge in [-0.1, -0.05) is 18.2 Å². The zero-order valence-electron chi connectivity index (χ0n) is 17.1. The molecule has 0 saturated carbocycles. The Kier molecular flexibility index (Phi) is 6.82. The number of carbonyl (C=O) groups excluding carboxylic acids is 2. The predicted molar refractivity (Wildman–Crippen MR) is 110 cm³/mol. The summed E-state index contributed by atoms with van der Waals surface area (Å²) in [5.74, 6) is 0.572. The monoisotopic (exact) mass is 397 g/mol. The maximum atomic E-state index is 12.5. The number of amides is 2. The van der Waals surface area contributed by atoms with Crippen molar-refractivity contribution in [2.75, 3.05) is 20.3 Å². The largest absolute Gasteiger partial charge is 0.455 e. The number of aryl methyl sites for hydroxylation is 2. The minimum Gasteiger partial charge on any atom is -0.455 e. The van der Waals surface area contributed by atoms with Gasteiger partial charge in [0.05, 0.1) is 5.71 Å². The molecule has 1 aliphatic rings. The lowest BCUT2D eigenvalue weighted by Gasteiger charge is -2.13. The fourth-order valence-corrected chi connectivity index (χ4v) is 3.50. The van der Waals surface area contributed by atoms with E-state index in [-0.39, 0.29) is 11.8 Å². The van der Waals surface area contributed by atoms with Crippen molar-refractivity contribution in [2.45, 2.75) is 39.5 Å². The number of rotatable bonds is 7. The summed E-state index contributed by atoms with van der Waals surface area (Å²) in [4.78, 5) is 25.0. The molecule has 0 unspecified atom stereocenters. The number of nitrogens with zero attached hydrogens (tertiary/aromatic N) is 1. The van der Waals surface area contributed by atoms with E-state index in [1.54, 1.807) is 13.2 Å². The summed E-state index contributed by atoms with van der Waals surface area (Å²) >= 11 is 0. The molecule has 1 heterocycles. The van der Waals surface area contributed by atoms with Gasteiger partial charge in [0, 0.05) is 43.4 Å². The van der Waals surface area contributed by atoms with Gasteiger partial charge in [-0.3, -0.25) is 9.59 Å². The van der Waals surface area contributed by atoms with Crippen LogP contribution >= 0.6 is 0 Å². The molecule has 0 spiro atoms. The number of hydrogen-bond donors (Lipinski definition) is 2. The van der Waals surface area contributed by atoms with Crippen LogP contribution in [0.25, 0.3) is 0 Å². The SMILES string of the molecule is COCCCNC(=O)c1oc2c(c1C)/C(=N/NC(=O)c1ccccc1C)CCC2. The first kappa shape index (κ1) is 20.8. The zero-order chi connectivity index (χ0) is 20.8. The summed E-state index contributed by atoms with van der Waals surface area (Å²) in [6.45, 7) is 4.85. The Hall–Kier alpha value is -2.93. The highest BCUT2D eigenvalue weighted by Crippen LogP contribution is 2.29. The highest BCUT2D eigenvalue weighted by Gasteiger charge is 2.28. The first-order valence-electron chi connectivity index (χ1n) is 9.85. The summed E-state index contributed by atoms with van der Waals surface area (Å²) in [5, 5.41) is 7.23. The van der Waals surface area contributed by atoms with Gasteiger partial charge in [0.15, 0.2) is 5.76 Å². The van der Waals surface area contributed by atoms with Crippen molar-refractivity contribution >= 4 is 17.5 Å². The third-order valence-electron chi connectivity index (χ3n) is 5.02. The van der Waals surface area contributed by atoms with E-state index in [0.29, 0.717) is 24.5 Å². The molecule has 1 aromatic carbocycles. The Labute approximate surface area is 170 Å². The predicted octanol–water partition coefficient (Wildman–Crippen LogP) is 3.13. The number of ether oxygens (including phenoxy) is 1. The maximum absolute atomic E-state index is 12.5. The third-order valence-corrected chi connectivity index (χ3v) is 5.02. The van der Waals surface area contributed by atoms with Gasteiger partial charge in [0.2, 0.25) is 0 Å². The van der Waals surface area contributed by atoms with Crippen molar-refractivity contribution in [3.05, 3.63) is 58.0 Å². The fraction of sp³-hybridized carbons (Fsp3) is 0.409. The molecule has 0 bridgehead atoms. The lowest BCUT2D eigenvalue weighted by Crippen LogP contribution is -2.25. The molecule has 29 heavy (non-hydrogen) atoms. The highest BCUT2D eigenvalue weighted by molar-refractivity contribution is 6.07. The van der Waals surface area contributed by atoms with Crippen LogP contribution in [0, 0.1) is 13.8 Å². The van der Waals surface area contributed by atoms with Gasteiger partial charge < -0.3 is 14.5 Å². The van der Waals surface area contributed by atoms with Crippen LogP contribution in [0.4, 0.5) is 0 Å². The van der Waals surface area contributed by atoms with E-state index in [0.717, 1.165) is 53.8 Å². The third kappa shape index (κ3) is 4.74. The number of hydrazone groups is 1. The van der Waals surface area contributed by atoms with E-state index in [1.807, 2.05) is 32.0 Å². The first-order chi connectivity index (χ1) is 14.0. The molecular weight excluding hydrogens is 370 g/mol. The van der Waals surface area contributed by atoms with E-state index in [1.165, 1.54) is 0 Å². The molecule has 0 saturated heterocycles. The number of fused-ring (bicyclic) bond motifs is 1. The Morgan fingerprint density at radius 3 is 2.72 bits per heavy atom. The van der Waals surface area contributed by atoms with Crippen molar-refractivity contribution < 1.29 is 18.7 Å². The number of hydrogen-bond acceptors (Lipinski definition) is 5. The second kappa shape index (κ2) is 9.52. The quantitative estimate of drug-likeness (QED) is 0.554. The van der Waals surface area contributed by atoms with Crippen molar-refractivity contribution in [1.82, 2.24) is 10.7 Å². The lowest BCUT2D eigenvalue weighted by atomic mass is 9.93. The molecule has 2 amide bonds. The fourth-order valence-electron chi connectivity index (χ4n) is 3.50. The lowest BCUT2D eigenvalue weighted by molar-refractivity contribution is 0.0916. The second-order valence-electron chi connectivity index (χ2n) is 7.12. The van der Waals surface area contributed by atoms with Crippen LogP contribution in [-0.2, 0) is 11.2 Å². The van der Waals surface area contributed by atoms with Crippen LogP contribution in [0.1, 0.15) is 62.6 Å². The molecule has 7 heteroatoms. The van der Waals surface area contributed by atoms with Crippen molar-refractivity contribution in [3.8, 4) is 0 Å². The molecule has 1 aromatic heterocycles. The Bertz CT molecular complexity index is 930. The topological polar surface area (TPSA) is 92.9 Å². The Balaban J connectivity index is 1.77. The molecule has 0 fully saturated rings. The average molecular weight is 397 g/mol. The molecule has 3 rings (SSSR count). The van der Waals surface area contributed by atoms with Gasteiger partial charge in [0.1, 0.15) is 5.76 Å². The first-order valence-corrected chi connectivity index (χ1v) is 9.85. The minimum atomic E-state index is -0.250. The number of methoxy groups -OCH3 is 1. The molecular formula is C22H27N3O4. The molecule has 154 valence electrons. The van der Waals surface area contributed by atoms with E-state index in [2.05, 4.69) is 15.8 Å². The average Bonchev–Trinajstić information content (AvgIpc) is 3.07. The van der Waals surface area contributed by atoms with Crippen LogP contribution in [-0.4, -0.2) is 37.8 Å². The summed E-state index contributed by atoms with van der Waals surface area (Å²) in [5.41, 5.74) is 6.48. The van der Waals surface area contributed by atoms with E-state index >= 15 is 0 Å². The smallest absolute Gasteiger partial charge is 0.287 e. The van der Waals surface area contributed by atoms with Crippen LogP contribution in [0.15, 0.2) is 33.8 Å². The standard InChI is InChI=1S/C22H27N3O4/c1-14-8-4-5-9-16(14)21(26)25-24-17-10-6-11-18-19(17)15(2)20(29-18)22(27)23-12-7-13-28-3/h4-5,8-9H,6-7,10-13H2,1-3H3,(H,23,27)(H,25,26)/b24-17+. The summed E-state index contributed by atoms with van der Waals surface area (Å²) in [6.07, 6.45) is 3.06. The molecule has 1 aliphatic carbocycles. The van der Waals surface area contributed by atoms with Crippen LogP contribution in [0.2, 0.25) is 0 Å². The normalized spacial score (nSPS) is 14.5. The Morgan fingerprint density at radius 2 is 1.97 bits per heavy atom. The summed E-state index contributed by atoms with van der Waals surface area (Å²) in [6, 6.07) is 7.37. The molecule has 0 aliphatic heterocycles. The van der Waals surface area contributed by atoms with Crippen molar-refractivity contribution in [3.63, 3.8) is 0 Å². The summed E-state index contributed by atoms with van der Waals surface area (Å²) < 4.78 is 10.9. The van der Waals surface area contributed by atoms with Crippen molar-refractivity contribution in [1.29, 1.82) is 0 Å². The maximum Gasteiger partial charge on any atom is 0.287 e. The van der Waals surface area contributed by atoms with E-state index < -0.39 is 0 Å². The van der Waals surface area contributed by atoms with Crippen LogP contribution < -0.4 is 10.7 Å². The van der Waals surface area contributed by atoms with E-state index in [9.17, 15) is 9.59 Å². The number of nitrogens with one attached hydrogen (secondary N) is 2. The van der Waals surface area contributed by atoms with Gasteiger partial charge >= 0.3 is 0 Å². The van der Waals surface area contributed by atoms with Crippen LogP contribution in [0.5, 0.6) is 0 Å². The molecule has 2 N–H and O–H groups in total. The van der Waals surface area contributed by atoms with Gasteiger partial charge in [-0.25, -0.2) is 5.43 Å². The van der Waals surface area contributed by atoms with Crippen molar-refractivity contribution in [2.24, 2.45) is 5.10 Å². The van der Waals surface area contributed by atoms with Crippen LogP contribution in [0.3, 0.4) is 0 Å². The summed E-state index contributed by atoms with van der Waals surface area (Å²) in [7, 11) is 1.63. The van der Waals surface area contributed by atoms with Gasteiger partial charge in [0.25, 0.3) is 11.8 Å². The molecule has 2 aromatic rings. The van der Waals surface area contributed by atoms with Gasteiger partial charge in [-0.05, 0) is 44.7 Å². The number of benzene rings is 1. The van der Waals surface area contributed by atoms with Gasteiger partial charge in [-0.15, -0.1) is 0 Å². The minimum absolute atomic E-state index is 0.240. The molecule has 0 atom stereocenters. The molecule has 0 radical (unpaired) electrons. The number of furan rings is 1. The highest BCUT2D eigenvalue weighted by atomic mass is 16.5. The molecule has 7 nitrogen and oxygen atoms in total. The van der Waals surface area contributed by atoms with Gasteiger partial charge in [-0.2, -0.15) is 5.10 Å². The second-order valence-corrected chi connectivity index (χ2v) is 7.12.